The molecule has 0 fully saturated rings. The van der Waals surface area contributed by atoms with E-state index >= 15 is 0 Å². The fourth-order valence-corrected chi connectivity index (χ4v) is 1.99. The Morgan fingerprint density at radius 1 is 1.26 bits per heavy atom. The lowest BCUT2D eigenvalue weighted by atomic mass is 10.0. The van der Waals surface area contributed by atoms with E-state index < -0.39 is 30.0 Å². The third-order valence-electron chi connectivity index (χ3n) is 2.90. The molecule has 0 spiro atoms. The Morgan fingerprint density at radius 3 is 2.43 bits per heavy atom. The van der Waals surface area contributed by atoms with Crippen molar-refractivity contribution in [3.05, 3.63) is 35.5 Å². The highest BCUT2D eigenvalue weighted by Gasteiger charge is 2.36. The predicted molar refractivity (Wildman–Crippen MR) is 69.7 cm³/mol. The summed E-state index contributed by atoms with van der Waals surface area (Å²) in [6, 6.07) is 4.26. The summed E-state index contributed by atoms with van der Waals surface area (Å²) in [5.41, 5.74) is -2.22. The van der Waals surface area contributed by atoms with E-state index in [2.05, 4.69) is 5.10 Å². The molecule has 2 aromatic rings. The Labute approximate surface area is 127 Å². The molecule has 0 aliphatic heterocycles. The number of phenols is 1. The number of rotatable bonds is 3. The maximum Gasteiger partial charge on any atom is 0.420 e. The van der Waals surface area contributed by atoms with Gasteiger partial charge < -0.3 is 5.11 Å². The largest absolute Gasteiger partial charge is 0.507 e. The van der Waals surface area contributed by atoms with Crippen molar-refractivity contribution in [1.82, 2.24) is 9.78 Å². The predicted octanol–water partition coefficient (Wildman–Crippen LogP) is 3.80. The summed E-state index contributed by atoms with van der Waals surface area (Å²) in [7, 11) is 0. The number of aromatic hydroxyl groups is 1. The van der Waals surface area contributed by atoms with Crippen LogP contribution in [-0.2, 0) is 12.7 Å². The minimum atomic E-state index is -4.87. The molecule has 0 saturated heterocycles. The molecule has 1 aromatic heterocycles. The Bertz CT molecular complexity index is 768. The first-order chi connectivity index (χ1) is 10.5. The van der Waals surface area contributed by atoms with Crippen LogP contribution < -0.4 is 0 Å². The van der Waals surface area contributed by atoms with E-state index in [1.807, 2.05) is 0 Å². The second-order valence-electron chi connectivity index (χ2n) is 5.00. The third-order valence-corrected chi connectivity index (χ3v) is 2.90. The first-order valence-electron chi connectivity index (χ1n) is 6.27. The molecule has 0 bridgehead atoms. The maximum absolute atomic E-state index is 12.9. The molecule has 0 atom stereocenters. The van der Waals surface area contributed by atoms with Crippen LogP contribution in [0.4, 0.5) is 22.0 Å². The van der Waals surface area contributed by atoms with Crippen LogP contribution in [0.15, 0.2) is 24.4 Å². The smallest absolute Gasteiger partial charge is 0.420 e. The first-order valence-corrected chi connectivity index (χ1v) is 6.27. The lowest BCUT2D eigenvalue weighted by Gasteiger charge is -2.12. The highest BCUT2D eigenvalue weighted by molar-refractivity contribution is 5.71. The van der Waals surface area contributed by atoms with Gasteiger partial charge in [0.05, 0.1) is 22.9 Å². The number of hydrogen-bond donors (Lipinski definition) is 1. The first kappa shape index (κ1) is 16.7. The van der Waals surface area contributed by atoms with E-state index in [0.29, 0.717) is 13.0 Å². The van der Waals surface area contributed by atoms with Crippen molar-refractivity contribution in [2.75, 3.05) is 0 Å². The standard InChI is InChI=1S/C14H10F5N3O/c1-13(15,16)7-22-3-2-11(21-22)9-4-8(6-20)5-10(12(9)23)14(17,18)19/h2-5,23H,7H2,1H3. The van der Waals surface area contributed by atoms with Crippen molar-refractivity contribution in [3.63, 3.8) is 0 Å². The fraction of sp³-hybridized carbons (Fsp3) is 0.286. The molecule has 0 amide bonds. The second-order valence-corrected chi connectivity index (χ2v) is 5.00. The number of aromatic nitrogens is 2. The maximum atomic E-state index is 12.9. The third kappa shape index (κ3) is 3.77. The number of benzene rings is 1. The zero-order valence-electron chi connectivity index (χ0n) is 11.7. The van der Waals surface area contributed by atoms with E-state index in [1.165, 1.54) is 6.07 Å². The molecule has 4 nitrogen and oxygen atoms in total. The Balaban J connectivity index is 2.54. The summed E-state index contributed by atoms with van der Waals surface area (Å²) in [5, 5.41) is 22.4. The molecule has 0 radical (unpaired) electrons. The summed E-state index contributed by atoms with van der Waals surface area (Å²) >= 11 is 0. The van der Waals surface area contributed by atoms with Crippen LogP contribution in [0.3, 0.4) is 0 Å². The molecule has 1 N–H and O–H groups in total. The number of hydrogen-bond acceptors (Lipinski definition) is 3. The van der Waals surface area contributed by atoms with Crippen molar-refractivity contribution in [3.8, 4) is 23.1 Å². The highest BCUT2D eigenvalue weighted by atomic mass is 19.4. The van der Waals surface area contributed by atoms with Crippen molar-refractivity contribution < 1.29 is 27.1 Å². The van der Waals surface area contributed by atoms with Gasteiger partial charge >= 0.3 is 6.18 Å². The van der Waals surface area contributed by atoms with Gasteiger partial charge in [-0.15, -0.1) is 0 Å². The summed E-state index contributed by atoms with van der Waals surface area (Å²) in [6.07, 6.45) is -3.72. The monoisotopic (exact) mass is 331 g/mol. The molecular formula is C14H10F5N3O. The zero-order valence-corrected chi connectivity index (χ0v) is 11.7. The molecule has 1 aromatic carbocycles. The van der Waals surface area contributed by atoms with Crippen LogP contribution in [0, 0.1) is 11.3 Å². The molecular weight excluding hydrogens is 321 g/mol. The Kier molecular flexibility index (Phi) is 4.03. The van der Waals surface area contributed by atoms with Gasteiger partial charge in [0.25, 0.3) is 5.92 Å². The van der Waals surface area contributed by atoms with Crippen molar-refractivity contribution in [1.29, 1.82) is 5.26 Å². The number of nitriles is 1. The Hall–Kier alpha value is -2.63. The lowest BCUT2D eigenvalue weighted by Crippen LogP contribution is -2.19. The van der Waals surface area contributed by atoms with Gasteiger partial charge in [-0.25, -0.2) is 8.78 Å². The van der Waals surface area contributed by atoms with Gasteiger partial charge in [0.15, 0.2) is 0 Å². The van der Waals surface area contributed by atoms with Crippen molar-refractivity contribution in [2.45, 2.75) is 25.6 Å². The fourth-order valence-electron chi connectivity index (χ4n) is 1.99. The van der Waals surface area contributed by atoms with Gasteiger partial charge in [0.2, 0.25) is 0 Å². The van der Waals surface area contributed by atoms with Gasteiger partial charge in [-0.1, -0.05) is 0 Å². The second kappa shape index (κ2) is 5.53. The van der Waals surface area contributed by atoms with E-state index in [0.717, 1.165) is 16.9 Å². The van der Waals surface area contributed by atoms with E-state index in [4.69, 9.17) is 5.26 Å². The van der Waals surface area contributed by atoms with Crippen LogP contribution in [-0.4, -0.2) is 20.8 Å². The zero-order chi connectivity index (χ0) is 17.4. The molecule has 0 saturated carbocycles. The molecule has 0 aliphatic rings. The summed E-state index contributed by atoms with van der Waals surface area (Å²) < 4.78 is 65.4. The Morgan fingerprint density at radius 2 is 1.91 bits per heavy atom. The van der Waals surface area contributed by atoms with Crippen LogP contribution in [0.25, 0.3) is 11.3 Å². The molecule has 0 aliphatic carbocycles. The van der Waals surface area contributed by atoms with Crippen LogP contribution in [0.5, 0.6) is 5.75 Å². The number of phenolic OH excluding ortho intramolecular Hbond substituents is 1. The molecule has 23 heavy (non-hydrogen) atoms. The van der Waals surface area contributed by atoms with E-state index in [9.17, 15) is 27.1 Å². The van der Waals surface area contributed by atoms with Gasteiger partial charge in [-0.2, -0.15) is 23.5 Å². The average molecular weight is 331 g/mol. The minimum absolute atomic E-state index is 0.144. The molecule has 9 heteroatoms. The topological polar surface area (TPSA) is 61.8 Å². The summed E-state index contributed by atoms with van der Waals surface area (Å²) in [4.78, 5) is 0. The van der Waals surface area contributed by atoms with Crippen LogP contribution in [0.1, 0.15) is 18.1 Å². The van der Waals surface area contributed by atoms with Crippen molar-refractivity contribution in [2.24, 2.45) is 0 Å². The highest BCUT2D eigenvalue weighted by Crippen LogP contribution is 2.41. The average Bonchev–Trinajstić information content (AvgIpc) is 2.83. The van der Waals surface area contributed by atoms with Gasteiger partial charge in [0.1, 0.15) is 12.3 Å². The van der Waals surface area contributed by atoms with Crippen LogP contribution >= 0.6 is 0 Å². The number of nitrogens with zero attached hydrogens (tertiary/aromatic N) is 3. The number of alkyl halides is 5. The molecule has 1 heterocycles. The molecule has 0 unspecified atom stereocenters. The number of halogens is 5. The minimum Gasteiger partial charge on any atom is -0.507 e. The lowest BCUT2D eigenvalue weighted by molar-refractivity contribution is -0.138. The van der Waals surface area contributed by atoms with Gasteiger partial charge in [-0.3, -0.25) is 4.68 Å². The van der Waals surface area contributed by atoms with Crippen LogP contribution in [0.2, 0.25) is 0 Å². The van der Waals surface area contributed by atoms with Gasteiger partial charge in [-0.05, 0) is 18.2 Å². The van der Waals surface area contributed by atoms with E-state index in [-0.39, 0.29) is 16.8 Å². The molecule has 122 valence electrons. The normalized spacial score (nSPS) is 12.2. The SMILES string of the molecule is CC(F)(F)Cn1ccc(-c2cc(C#N)cc(C(F)(F)F)c2O)n1. The quantitative estimate of drug-likeness (QED) is 0.870. The molecule has 2 rings (SSSR count). The van der Waals surface area contributed by atoms with Gasteiger partial charge in [0, 0.05) is 18.7 Å². The summed E-state index contributed by atoms with van der Waals surface area (Å²) in [5.74, 6) is -4.17. The van der Waals surface area contributed by atoms with E-state index in [1.54, 1.807) is 6.07 Å². The van der Waals surface area contributed by atoms with Crippen molar-refractivity contribution >= 4 is 0 Å². The summed E-state index contributed by atoms with van der Waals surface area (Å²) in [6.45, 7) is -0.0955.